The summed E-state index contributed by atoms with van der Waals surface area (Å²) < 4.78 is 35.0. The van der Waals surface area contributed by atoms with Crippen LogP contribution in [0.1, 0.15) is 25.7 Å². The number of carbonyl (C=O) groups is 1. The van der Waals surface area contributed by atoms with Gasteiger partial charge in [-0.05, 0) is 12.8 Å². The minimum Gasteiger partial charge on any atom is -0.356 e. The average molecular weight is 232 g/mol. The smallest absolute Gasteiger partial charge is 0.356 e. The van der Waals surface area contributed by atoms with Gasteiger partial charge in [-0.3, -0.25) is 4.79 Å². The van der Waals surface area contributed by atoms with Crippen molar-refractivity contribution in [2.24, 2.45) is 0 Å². The Labute approximate surface area is 85.8 Å². The lowest BCUT2D eigenvalue weighted by Crippen LogP contribution is -2.25. The number of hydrogen-bond donors (Lipinski definition) is 1. The first-order valence-electron chi connectivity index (χ1n) is 4.35. The van der Waals surface area contributed by atoms with E-state index in [4.69, 9.17) is 11.6 Å². The van der Waals surface area contributed by atoms with Crippen LogP contribution in [-0.2, 0) is 4.79 Å². The van der Waals surface area contributed by atoms with Gasteiger partial charge in [0, 0.05) is 25.3 Å². The Morgan fingerprint density at radius 1 is 1.29 bits per heavy atom. The zero-order valence-corrected chi connectivity index (χ0v) is 8.42. The van der Waals surface area contributed by atoms with Crippen LogP contribution >= 0.6 is 11.6 Å². The van der Waals surface area contributed by atoms with Gasteiger partial charge in [0.15, 0.2) is 0 Å². The van der Waals surface area contributed by atoms with E-state index in [1.165, 1.54) is 0 Å². The molecule has 1 N–H and O–H groups in total. The predicted molar refractivity (Wildman–Crippen MR) is 48.3 cm³/mol. The first kappa shape index (κ1) is 13.5. The Bertz CT molecular complexity index is 172. The molecule has 0 aliphatic heterocycles. The number of carbonyl (C=O) groups excluding carboxylic acids is 1. The predicted octanol–water partition coefficient (Wildman–Crippen LogP) is 2.46. The van der Waals surface area contributed by atoms with E-state index in [0.29, 0.717) is 12.3 Å². The lowest BCUT2D eigenvalue weighted by molar-refractivity contribution is -0.136. The fourth-order valence-corrected chi connectivity index (χ4v) is 0.966. The van der Waals surface area contributed by atoms with Gasteiger partial charge in [-0.1, -0.05) is 0 Å². The van der Waals surface area contributed by atoms with Gasteiger partial charge in [-0.2, -0.15) is 13.2 Å². The van der Waals surface area contributed by atoms with E-state index in [-0.39, 0.29) is 25.3 Å². The molecule has 1 amide bonds. The molecule has 0 rings (SSSR count). The Kier molecular flexibility index (Phi) is 6.70. The van der Waals surface area contributed by atoms with E-state index in [9.17, 15) is 18.0 Å². The zero-order valence-electron chi connectivity index (χ0n) is 7.66. The Morgan fingerprint density at radius 3 is 2.43 bits per heavy atom. The number of rotatable bonds is 6. The van der Waals surface area contributed by atoms with Crippen LogP contribution in [0.2, 0.25) is 0 Å². The highest BCUT2D eigenvalue weighted by molar-refractivity contribution is 6.17. The summed E-state index contributed by atoms with van der Waals surface area (Å²) in [6, 6.07) is 0. The number of nitrogens with one attached hydrogen (secondary N) is 1. The molecular formula is C8H13ClF3NO. The van der Waals surface area contributed by atoms with Crippen LogP contribution in [0.3, 0.4) is 0 Å². The van der Waals surface area contributed by atoms with Gasteiger partial charge in [-0.25, -0.2) is 0 Å². The number of amides is 1. The molecule has 0 bridgehead atoms. The van der Waals surface area contributed by atoms with Gasteiger partial charge in [-0.15, -0.1) is 11.6 Å². The van der Waals surface area contributed by atoms with E-state index in [1.807, 2.05) is 0 Å². The lowest BCUT2D eigenvalue weighted by atomic mass is 10.3. The molecular weight excluding hydrogens is 219 g/mol. The third-order valence-electron chi connectivity index (χ3n) is 1.50. The van der Waals surface area contributed by atoms with Gasteiger partial charge >= 0.3 is 6.18 Å². The van der Waals surface area contributed by atoms with Crippen LogP contribution in [0.15, 0.2) is 0 Å². The highest BCUT2D eigenvalue weighted by atomic mass is 35.5. The van der Waals surface area contributed by atoms with Crippen molar-refractivity contribution in [2.75, 3.05) is 12.4 Å². The van der Waals surface area contributed by atoms with Gasteiger partial charge in [0.25, 0.3) is 0 Å². The number of hydrogen-bond acceptors (Lipinski definition) is 1. The summed E-state index contributed by atoms with van der Waals surface area (Å²) in [5.74, 6) is 0.142. The normalized spacial score (nSPS) is 11.4. The molecule has 6 heteroatoms. The molecule has 0 radical (unpaired) electrons. The number of halogens is 4. The molecule has 0 heterocycles. The summed E-state index contributed by atoms with van der Waals surface area (Å²) in [6.45, 7) is 0.0701. The summed E-state index contributed by atoms with van der Waals surface area (Å²) in [5, 5.41) is 2.39. The largest absolute Gasteiger partial charge is 0.389 e. The average Bonchev–Trinajstić information content (AvgIpc) is 2.07. The van der Waals surface area contributed by atoms with Crippen molar-refractivity contribution in [1.82, 2.24) is 5.32 Å². The van der Waals surface area contributed by atoms with Gasteiger partial charge in [0.2, 0.25) is 5.91 Å². The molecule has 0 saturated carbocycles. The maximum atomic E-state index is 11.7. The zero-order chi connectivity index (χ0) is 11.0. The SMILES string of the molecule is O=C(CCCCl)NCCCC(F)(F)F. The molecule has 0 saturated heterocycles. The Balaban J connectivity index is 3.32. The third kappa shape index (κ3) is 9.64. The van der Waals surface area contributed by atoms with Crippen LogP contribution in [0.4, 0.5) is 13.2 Å². The maximum Gasteiger partial charge on any atom is 0.389 e. The van der Waals surface area contributed by atoms with Crippen LogP contribution < -0.4 is 5.32 Å². The fraction of sp³-hybridized carbons (Fsp3) is 0.875. The molecule has 2 nitrogen and oxygen atoms in total. The molecule has 14 heavy (non-hydrogen) atoms. The molecule has 0 spiro atoms. The molecule has 0 aromatic rings. The standard InChI is InChI=1S/C8H13ClF3NO/c9-5-1-3-7(14)13-6-2-4-8(10,11)12/h1-6H2,(H,13,14). The van der Waals surface area contributed by atoms with Crippen molar-refractivity contribution in [3.63, 3.8) is 0 Å². The quantitative estimate of drug-likeness (QED) is 0.552. The van der Waals surface area contributed by atoms with E-state index in [2.05, 4.69) is 5.32 Å². The topological polar surface area (TPSA) is 29.1 Å². The maximum absolute atomic E-state index is 11.7. The summed E-state index contributed by atoms with van der Waals surface area (Å²) in [4.78, 5) is 10.9. The summed E-state index contributed by atoms with van der Waals surface area (Å²) >= 11 is 5.34. The van der Waals surface area contributed by atoms with Crippen molar-refractivity contribution in [2.45, 2.75) is 31.9 Å². The minimum atomic E-state index is -4.14. The van der Waals surface area contributed by atoms with E-state index < -0.39 is 12.6 Å². The highest BCUT2D eigenvalue weighted by Gasteiger charge is 2.25. The van der Waals surface area contributed by atoms with Crippen molar-refractivity contribution in [3.05, 3.63) is 0 Å². The van der Waals surface area contributed by atoms with Crippen molar-refractivity contribution in [3.8, 4) is 0 Å². The second kappa shape index (κ2) is 6.92. The molecule has 0 unspecified atom stereocenters. The first-order chi connectivity index (χ1) is 6.45. The minimum absolute atomic E-state index is 0.0701. The molecule has 84 valence electrons. The summed E-state index contributed by atoms with van der Waals surface area (Å²) in [6.07, 6.45) is -4.25. The van der Waals surface area contributed by atoms with E-state index in [0.717, 1.165) is 0 Å². The van der Waals surface area contributed by atoms with Gasteiger partial charge < -0.3 is 5.32 Å². The van der Waals surface area contributed by atoms with Gasteiger partial charge in [0.05, 0.1) is 0 Å². The third-order valence-corrected chi connectivity index (χ3v) is 1.76. The Morgan fingerprint density at radius 2 is 1.93 bits per heavy atom. The van der Waals surface area contributed by atoms with E-state index in [1.54, 1.807) is 0 Å². The summed E-state index contributed by atoms with van der Waals surface area (Å²) in [5.41, 5.74) is 0. The Hall–Kier alpha value is -0.450. The monoisotopic (exact) mass is 231 g/mol. The second-order valence-electron chi connectivity index (χ2n) is 2.86. The van der Waals surface area contributed by atoms with E-state index >= 15 is 0 Å². The molecule has 0 aromatic carbocycles. The number of alkyl halides is 4. The molecule has 0 fully saturated rings. The highest BCUT2D eigenvalue weighted by Crippen LogP contribution is 2.20. The lowest BCUT2D eigenvalue weighted by Gasteiger charge is -2.06. The van der Waals surface area contributed by atoms with Crippen molar-refractivity contribution in [1.29, 1.82) is 0 Å². The second-order valence-corrected chi connectivity index (χ2v) is 3.24. The van der Waals surface area contributed by atoms with Crippen molar-refractivity contribution < 1.29 is 18.0 Å². The molecule has 0 aliphatic rings. The molecule has 0 atom stereocenters. The molecule has 0 aromatic heterocycles. The van der Waals surface area contributed by atoms with Crippen LogP contribution in [-0.4, -0.2) is 24.5 Å². The van der Waals surface area contributed by atoms with Crippen LogP contribution in [0, 0.1) is 0 Å². The summed E-state index contributed by atoms with van der Waals surface area (Å²) in [7, 11) is 0. The fourth-order valence-electron chi connectivity index (χ4n) is 0.832. The van der Waals surface area contributed by atoms with Crippen LogP contribution in [0.25, 0.3) is 0 Å². The molecule has 0 aliphatic carbocycles. The van der Waals surface area contributed by atoms with Crippen LogP contribution in [0.5, 0.6) is 0 Å². The first-order valence-corrected chi connectivity index (χ1v) is 4.88. The van der Waals surface area contributed by atoms with Gasteiger partial charge in [0.1, 0.15) is 0 Å². The van der Waals surface area contributed by atoms with Crippen molar-refractivity contribution >= 4 is 17.5 Å².